The van der Waals surface area contributed by atoms with E-state index < -0.39 is 0 Å². The standard InChI is InChI=1S/C14H17N3O/c1-10-6-3-4-7-11(10)12-16-13(18-17-12)14(2)8-5-9-15-14/h3-4,6-7,15H,5,8-9H2,1-2H3. The lowest BCUT2D eigenvalue weighted by Gasteiger charge is -2.18. The Morgan fingerprint density at radius 2 is 2.17 bits per heavy atom. The molecule has 2 aromatic rings. The summed E-state index contributed by atoms with van der Waals surface area (Å²) in [4.78, 5) is 4.55. The smallest absolute Gasteiger partial charge is 0.246 e. The van der Waals surface area contributed by atoms with Gasteiger partial charge in [-0.15, -0.1) is 0 Å². The predicted molar refractivity (Wildman–Crippen MR) is 69.1 cm³/mol. The Labute approximate surface area is 106 Å². The normalized spacial score (nSPS) is 23.4. The minimum atomic E-state index is -0.159. The van der Waals surface area contributed by atoms with Gasteiger partial charge in [0.05, 0.1) is 5.54 Å². The van der Waals surface area contributed by atoms with Gasteiger partial charge >= 0.3 is 0 Å². The van der Waals surface area contributed by atoms with Crippen LogP contribution in [0.4, 0.5) is 0 Å². The SMILES string of the molecule is Cc1ccccc1-c1noc(C2(C)CCCN2)n1. The highest BCUT2D eigenvalue weighted by Gasteiger charge is 2.35. The van der Waals surface area contributed by atoms with Crippen molar-refractivity contribution < 1.29 is 4.52 Å². The molecule has 1 aromatic heterocycles. The van der Waals surface area contributed by atoms with Gasteiger partial charge in [0, 0.05) is 5.56 Å². The van der Waals surface area contributed by atoms with Crippen LogP contribution in [0.5, 0.6) is 0 Å². The molecule has 3 rings (SSSR count). The van der Waals surface area contributed by atoms with Crippen molar-refractivity contribution >= 4 is 0 Å². The third kappa shape index (κ3) is 1.82. The van der Waals surface area contributed by atoms with Gasteiger partial charge in [0.15, 0.2) is 0 Å². The van der Waals surface area contributed by atoms with E-state index in [0.717, 1.165) is 30.5 Å². The van der Waals surface area contributed by atoms with Crippen LogP contribution in [0.2, 0.25) is 0 Å². The Bertz CT molecular complexity index is 556. The molecular weight excluding hydrogens is 226 g/mol. The molecule has 1 aromatic carbocycles. The largest absolute Gasteiger partial charge is 0.337 e. The summed E-state index contributed by atoms with van der Waals surface area (Å²) < 4.78 is 5.44. The van der Waals surface area contributed by atoms with Crippen molar-refractivity contribution in [2.45, 2.75) is 32.2 Å². The number of nitrogens with one attached hydrogen (secondary N) is 1. The highest BCUT2D eigenvalue weighted by molar-refractivity contribution is 5.59. The number of benzene rings is 1. The summed E-state index contributed by atoms with van der Waals surface area (Å²) in [5.41, 5.74) is 2.04. The molecule has 4 nitrogen and oxygen atoms in total. The number of rotatable bonds is 2. The molecule has 0 bridgehead atoms. The first-order valence-corrected chi connectivity index (χ1v) is 6.34. The van der Waals surface area contributed by atoms with E-state index in [1.165, 1.54) is 0 Å². The molecule has 1 atom stereocenters. The minimum absolute atomic E-state index is 0.159. The van der Waals surface area contributed by atoms with E-state index in [9.17, 15) is 0 Å². The van der Waals surface area contributed by atoms with Gasteiger partial charge in [0.1, 0.15) is 0 Å². The molecule has 0 radical (unpaired) electrons. The van der Waals surface area contributed by atoms with Crippen LogP contribution in [-0.4, -0.2) is 16.7 Å². The maximum absolute atomic E-state index is 5.44. The van der Waals surface area contributed by atoms with Crippen LogP contribution >= 0.6 is 0 Å². The molecule has 0 amide bonds. The molecule has 94 valence electrons. The fourth-order valence-corrected chi connectivity index (χ4v) is 2.46. The van der Waals surface area contributed by atoms with Crippen LogP contribution in [0.15, 0.2) is 28.8 Å². The van der Waals surface area contributed by atoms with Crippen molar-refractivity contribution in [3.05, 3.63) is 35.7 Å². The van der Waals surface area contributed by atoms with Gasteiger partial charge in [-0.3, -0.25) is 0 Å². The Kier molecular flexibility index (Phi) is 2.67. The average Bonchev–Trinajstić information content (AvgIpc) is 2.99. The van der Waals surface area contributed by atoms with Crippen molar-refractivity contribution in [1.29, 1.82) is 0 Å². The van der Waals surface area contributed by atoms with Crippen molar-refractivity contribution in [2.75, 3.05) is 6.54 Å². The molecule has 1 aliphatic rings. The van der Waals surface area contributed by atoms with E-state index in [0.29, 0.717) is 11.7 Å². The lowest BCUT2D eigenvalue weighted by atomic mass is 10.0. The third-order valence-corrected chi connectivity index (χ3v) is 3.65. The number of aromatic nitrogens is 2. The van der Waals surface area contributed by atoms with E-state index in [1.54, 1.807) is 0 Å². The molecular formula is C14H17N3O. The molecule has 1 aliphatic heterocycles. The monoisotopic (exact) mass is 243 g/mol. The van der Waals surface area contributed by atoms with Crippen molar-refractivity contribution in [3.8, 4) is 11.4 Å². The van der Waals surface area contributed by atoms with Gasteiger partial charge in [-0.05, 0) is 38.8 Å². The zero-order valence-electron chi connectivity index (χ0n) is 10.7. The summed E-state index contributed by atoms with van der Waals surface area (Å²) in [7, 11) is 0. The van der Waals surface area contributed by atoms with E-state index in [4.69, 9.17) is 4.52 Å². The maximum atomic E-state index is 5.44. The van der Waals surface area contributed by atoms with Crippen LogP contribution in [0, 0.1) is 6.92 Å². The summed E-state index contributed by atoms with van der Waals surface area (Å²) >= 11 is 0. The highest BCUT2D eigenvalue weighted by atomic mass is 16.5. The summed E-state index contributed by atoms with van der Waals surface area (Å²) in [5, 5.41) is 7.54. The summed E-state index contributed by atoms with van der Waals surface area (Å²) in [6, 6.07) is 8.09. The first-order chi connectivity index (χ1) is 8.69. The number of hydrogen-bond acceptors (Lipinski definition) is 4. The maximum Gasteiger partial charge on any atom is 0.246 e. The van der Waals surface area contributed by atoms with Gasteiger partial charge < -0.3 is 9.84 Å². The Morgan fingerprint density at radius 1 is 1.33 bits per heavy atom. The van der Waals surface area contributed by atoms with Gasteiger partial charge in [-0.25, -0.2) is 0 Å². The first kappa shape index (κ1) is 11.4. The molecule has 2 heterocycles. The zero-order chi connectivity index (χ0) is 12.6. The number of aryl methyl sites for hydroxylation is 1. The molecule has 1 saturated heterocycles. The fourth-order valence-electron chi connectivity index (χ4n) is 2.46. The molecule has 4 heteroatoms. The quantitative estimate of drug-likeness (QED) is 0.881. The third-order valence-electron chi connectivity index (χ3n) is 3.65. The second-order valence-electron chi connectivity index (χ2n) is 5.10. The van der Waals surface area contributed by atoms with Crippen LogP contribution in [0.3, 0.4) is 0 Å². The van der Waals surface area contributed by atoms with E-state index in [1.807, 2.05) is 18.2 Å². The summed E-state index contributed by atoms with van der Waals surface area (Å²) in [6.45, 7) is 5.19. The topological polar surface area (TPSA) is 51.0 Å². The lowest BCUT2D eigenvalue weighted by Crippen LogP contribution is -2.33. The van der Waals surface area contributed by atoms with Crippen molar-refractivity contribution in [2.24, 2.45) is 0 Å². The van der Waals surface area contributed by atoms with Crippen LogP contribution < -0.4 is 5.32 Å². The molecule has 1 unspecified atom stereocenters. The first-order valence-electron chi connectivity index (χ1n) is 6.34. The molecule has 18 heavy (non-hydrogen) atoms. The van der Waals surface area contributed by atoms with Gasteiger partial charge in [0.2, 0.25) is 11.7 Å². The Morgan fingerprint density at radius 3 is 2.89 bits per heavy atom. The van der Waals surface area contributed by atoms with Crippen LogP contribution in [0.1, 0.15) is 31.2 Å². The number of hydrogen-bond donors (Lipinski definition) is 1. The van der Waals surface area contributed by atoms with Crippen LogP contribution in [-0.2, 0) is 5.54 Å². The highest BCUT2D eigenvalue weighted by Crippen LogP contribution is 2.30. The second kappa shape index (κ2) is 4.21. The van der Waals surface area contributed by atoms with E-state index >= 15 is 0 Å². The second-order valence-corrected chi connectivity index (χ2v) is 5.10. The van der Waals surface area contributed by atoms with Crippen molar-refractivity contribution in [3.63, 3.8) is 0 Å². The molecule has 1 fully saturated rings. The summed E-state index contributed by atoms with van der Waals surface area (Å²) in [6.07, 6.45) is 2.20. The van der Waals surface area contributed by atoms with Crippen LogP contribution in [0.25, 0.3) is 11.4 Å². The van der Waals surface area contributed by atoms with Gasteiger partial charge in [-0.2, -0.15) is 4.98 Å². The molecule has 1 N–H and O–H groups in total. The minimum Gasteiger partial charge on any atom is -0.337 e. The number of nitrogens with zero attached hydrogens (tertiary/aromatic N) is 2. The Balaban J connectivity index is 1.97. The molecule has 0 spiro atoms. The molecule has 0 saturated carbocycles. The van der Waals surface area contributed by atoms with Crippen molar-refractivity contribution in [1.82, 2.24) is 15.5 Å². The predicted octanol–water partition coefficient (Wildman–Crippen LogP) is 2.64. The van der Waals surface area contributed by atoms with Gasteiger partial charge in [0.25, 0.3) is 0 Å². The van der Waals surface area contributed by atoms with E-state index in [-0.39, 0.29) is 5.54 Å². The lowest BCUT2D eigenvalue weighted by molar-refractivity contribution is 0.275. The van der Waals surface area contributed by atoms with E-state index in [2.05, 4.69) is 35.4 Å². The Hall–Kier alpha value is -1.68. The zero-order valence-corrected chi connectivity index (χ0v) is 10.7. The average molecular weight is 243 g/mol. The summed E-state index contributed by atoms with van der Waals surface area (Å²) in [5.74, 6) is 1.37. The fraction of sp³-hybridized carbons (Fsp3) is 0.429. The van der Waals surface area contributed by atoms with Gasteiger partial charge in [-0.1, -0.05) is 29.4 Å². The molecule has 0 aliphatic carbocycles.